The molecular formula is C11H16BrNO. The average Bonchev–Trinajstić information content (AvgIpc) is 2.16. The maximum atomic E-state index is 9.44. The number of hydrogen-bond donors (Lipinski definition) is 2. The Morgan fingerprint density at radius 2 is 2.14 bits per heavy atom. The molecule has 0 saturated heterocycles. The molecule has 1 aromatic rings. The van der Waals surface area contributed by atoms with E-state index < -0.39 is 6.10 Å². The quantitative estimate of drug-likeness (QED) is 0.874. The Morgan fingerprint density at radius 1 is 1.50 bits per heavy atom. The van der Waals surface area contributed by atoms with Crippen LogP contribution in [0.15, 0.2) is 22.7 Å². The number of benzene rings is 1. The molecule has 0 aliphatic heterocycles. The Hall–Kier alpha value is -0.380. The van der Waals surface area contributed by atoms with Gasteiger partial charge in [0.15, 0.2) is 0 Å². The smallest absolute Gasteiger partial charge is 0.0704 e. The molecular weight excluding hydrogens is 242 g/mol. The number of nitrogens with two attached hydrogens (primary N) is 1. The van der Waals surface area contributed by atoms with Crippen LogP contribution in [-0.2, 0) is 6.42 Å². The van der Waals surface area contributed by atoms with Crippen LogP contribution >= 0.6 is 15.9 Å². The zero-order chi connectivity index (χ0) is 10.7. The molecule has 1 aromatic carbocycles. The van der Waals surface area contributed by atoms with Gasteiger partial charge in [0.25, 0.3) is 0 Å². The van der Waals surface area contributed by atoms with Crippen molar-refractivity contribution in [3.8, 4) is 0 Å². The Balaban J connectivity index is 3.10. The number of aliphatic hydroxyl groups excluding tert-OH is 1. The summed E-state index contributed by atoms with van der Waals surface area (Å²) in [6.45, 7) is 3.80. The summed E-state index contributed by atoms with van der Waals surface area (Å²) in [4.78, 5) is 0. The van der Waals surface area contributed by atoms with Gasteiger partial charge < -0.3 is 10.8 Å². The normalized spacial score (nSPS) is 15.2. The van der Waals surface area contributed by atoms with Crippen molar-refractivity contribution in [2.45, 2.75) is 32.4 Å². The summed E-state index contributed by atoms with van der Waals surface area (Å²) in [6, 6.07) is 5.72. The van der Waals surface area contributed by atoms with E-state index in [0.29, 0.717) is 0 Å². The molecule has 0 spiro atoms. The van der Waals surface area contributed by atoms with Crippen molar-refractivity contribution in [3.05, 3.63) is 33.8 Å². The summed E-state index contributed by atoms with van der Waals surface area (Å²) < 4.78 is 1.00. The van der Waals surface area contributed by atoms with Crippen LogP contribution in [0, 0.1) is 0 Å². The second kappa shape index (κ2) is 4.91. The fourth-order valence-corrected chi connectivity index (χ4v) is 1.84. The van der Waals surface area contributed by atoms with Crippen LogP contribution in [0.5, 0.6) is 0 Å². The number of aliphatic hydroxyl groups is 1. The van der Waals surface area contributed by atoms with E-state index in [-0.39, 0.29) is 6.04 Å². The summed E-state index contributed by atoms with van der Waals surface area (Å²) in [7, 11) is 0. The summed E-state index contributed by atoms with van der Waals surface area (Å²) in [5, 5.41) is 9.44. The lowest BCUT2D eigenvalue weighted by Gasteiger charge is -2.18. The maximum Gasteiger partial charge on any atom is 0.0704 e. The van der Waals surface area contributed by atoms with Crippen LogP contribution in [0.1, 0.15) is 31.0 Å². The average molecular weight is 258 g/mol. The van der Waals surface area contributed by atoms with E-state index in [4.69, 9.17) is 5.73 Å². The van der Waals surface area contributed by atoms with Gasteiger partial charge in [0.05, 0.1) is 12.1 Å². The van der Waals surface area contributed by atoms with E-state index >= 15 is 0 Å². The fourth-order valence-electron chi connectivity index (χ4n) is 1.46. The number of aryl methyl sites for hydroxylation is 1. The highest BCUT2D eigenvalue weighted by Gasteiger charge is 2.15. The highest BCUT2D eigenvalue weighted by Crippen LogP contribution is 2.23. The van der Waals surface area contributed by atoms with Gasteiger partial charge in [-0.1, -0.05) is 28.9 Å². The monoisotopic (exact) mass is 257 g/mol. The van der Waals surface area contributed by atoms with Gasteiger partial charge in [-0.15, -0.1) is 0 Å². The third kappa shape index (κ3) is 2.56. The van der Waals surface area contributed by atoms with Crippen LogP contribution < -0.4 is 5.73 Å². The number of rotatable bonds is 3. The Morgan fingerprint density at radius 3 is 2.64 bits per heavy atom. The van der Waals surface area contributed by atoms with Gasteiger partial charge in [0.2, 0.25) is 0 Å². The lowest BCUT2D eigenvalue weighted by Crippen LogP contribution is -2.24. The molecule has 2 nitrogen and oxygen atoms in total. The summed E-state index contributed by atoms with van der Waals surface area (Å²) in [6.07, 6.45) is 0.415. The van der Waals surface area contributed by atoms with Crippen LogP contribution in [0.2, 0.25) is 0 Å². The minimum Gasteiger partial charge on any atom is -0.391 e. The largest absolute Gasteiger partial charge is 0.391 e. The number of hydrogen-bond acceptors (Lipinski definition) is 2. The highest BCUT2D eigenvalue weighted by molar-refractivity contribution is 9.10. The zero-order valence-corrected chi connectivity index (χ0v) is 10.1. The molecule has 3 heteroatoms. The molecule has 0 aromatic heterocycles. The van der Waals surface area contributed by atoms with Crippen molar-refractivity contribution in [2.24, 2.45) is 5.73 Å². The second-order valence-electron chi connectivity index (χ2n) is 3.46. The second-order valence-corrected chi connectivity index (χ2v) is 4.38. The summed E-state index contributed by atoms with van der Waals surface area (Å²) >= 11 is 3.41. The van der Waals surface area contributed by atoms with E-state index in [1.165, 1.54) is 5.56 Å². The summed E-state index contributed by atoms with van der Waals surface area (Å²) in [5.41, 5.74) is 8.13. The first-order valence-corrected chi connectivity index (χ1v) is 5.57. The molecule has 0 radical (unpaired) electrons. The summed E-state index contributed by atoms with van der Waals surface area (Å²) in [5.74, 6) is 0. The Labute approximate surface area is 93.3 Å². The zero-order valence-electron chi connectivity index (χ0n) is 8.50. The van der Waals surface area contributed by atoms with Crippen molar-refractivity contribution in [2.75, 3.05) is 0 Å². The first kappa shape index (κ1) is 11.7. The van der Waals surface area contributed by atoms with Crippen molar-refractivity contribution in [3.63, 3.8) is 0 Å². The minimum absolute atomic E-state index is 0.303. The lowest BCUT2D eigenvalue weighted by atomic mass is 9.96. The third-order valence-electron chi connectivity index (χ3n) is 2.37. The van der Waals surface area contributed by atoms with Crippen LogP contribution in [0.3, 0.4) is 0 Å². The molecule has 0 aliphatic rings. The Bertz CT molecular complexity index is 312. The molecule has 0 fully saturated rings. The maximum absolute atomic E-state index is 9.44. The topological polar surface area (TPSA) is 46.2 Å². The SMILES string of the molecule is CCc1ccc(Br)cc1[C@H](N)[C@H](C)O. The molecule has 2 atom stereocenters. The molecule has 0 heterocycles. The van der Waals surface area contributed by atoms with Crippen molar-refractivity contribution < 1.29 is 5.11 Å². The number of halogens is 1. The van der Waals surface area contributed by atoms with Crippen LogP contribution in [-0.4, -0.2) is 11.2 Å². The van der Waals surface area contributed by atoms with E-state index in [0.717, 1.165) is 16.5 Å². The van der Waals surface area contributed by atoms with Crippen molar-refractivity contribution in [1.29, 1.82) is 0 Å². The molecule has 3 N–H and O–H groups in total. The molecule has 14 heavy (non-hydrogen) atoms. The van der Waals surface area contributed by atoms with Gasteiger partial charge in [-0.2, -0.15) is 0 Å². The standard InChI is InChI=1S/C11H16BrNO/c1-3-8-4-5-9(12)6-10(8)11(13)7(2)14/h4-7,11,14H,3,13H2,1-2H3/t7-,11+/m0/s1. The van der Waals surface area contributed by atoms with Gasteiger partial charge in [0, 0.05) is 4.47 Å². The Kier molecular flexibility index (Phi) is 4.11. The molecule has 0 aliphatic carbocycles. The molecule has 0 unspecified atom stereocenters. The van der Waals surface area contributed by atoms with E-state index in [9.17, 15) is 5.11 Å². The van der Waals surface area contributed by atoms with Gasteiger partial charge >= 0.3 is 0 Å². The predicted octanol–water partition coefficient (Wildman–Crippen LogP) is 2.39. The first-order valence-electron chi connectivity index (χ1n) is 4.78. The van der Waals surface area contributed by atoms with Gasteiger partial charge in [-0.3, -0.25) is 0 Å². The van der Waals surface area contributed by atoms with Crippen LogP contribution in [0.25, 0.3) is 0 Å². The van der Waals surface area contributed by atoms with Crippen molar-refractivity contribution >= 4 is 15.9 Å². The van der Waals surface area contributed by atoms with E-state index in [2.05, 4.69) is 22.9 Å². The van der Waals surface area contributed by atoms with Gasteiger partial charge in [0.1, 0.15) is 0 Å². The van der Waals surface area contributed by atoms with E-state index in [1.54, 1.807) is 6.92 Å². The van der Waals surface area contributed by atoms with E-state index in [1.807, 2.05) is 18.2 Å². The third-order valence-corrected chi connectivity index (χ3v) is 2.86. The van der Waals surface area contributed by atoms with Crippen molar-refractivity contribution in [1.82, 2.24) is 0 Å². The molecule has 0 amide bonds. The lowest BCUT2D eigenvalue weighted by molar-refractivity contribution is 0.164. The first-order chi connectivity index (χ1) is 6.56. The predicted molar refractivity (Wildman–Crippen MR) is 62.1 cm³/mol. The fraction of sp³-hybridized carbons (Fsp3) is 0.455. The molecule has 78 valence electrons. The molecule has 0 bridgehead atoms. The molecule has 0 saturated carbocycles. The molecule has 1 rings (SSSR count). The van der Waals surface area contributed by atoms with Crippen LogP contribution in [0.4, 0.5) is 0 Å². The van der Waals surface area contributed by atoms with Gasteiger partial charge in [-0.05, 0) is 36.6 Å². The highest BCUT2D eigenvalue weighted by atomic mass is 79.9. The van der Waals surface area contributed by atoms with Gasteiger partial charge in [-0.25, -0.2) is 0 Å². The minimum atomic E-state index is -0.519.